The first-order valence-corrected chi connectivity index (χ1v) is 9.16. The van der Waals surface area contributed by atoms with Crippen LogP contribution >= 0.6 is 11.3 Å². The van der Waals surface area contributed by atoms with E-state index in [1.165, 1.54) is 22.9 Å². The molecule has 6 heteroatoms. The van der Waals surface area contributed by atoms with Crippen LogP contribution in [-0.2, 0) is 19.4 Å². The highest BCUT2D eigenvalue weighted by Crippen LogP contribution is 2.36. The summed E-state index contributed by atoms with van der Waals surface area (Å²) in [5.41, 5.74) is 1.01. The fourth-order valence-electron chi connectivity index (χ4n) is 3.47. The molecule has 124 valence electrons. The van der Waals surface area contributed by atoms with Crippen molar-refractivity contribution in [3.05, 3.63) is 61.4 Å². The number of H-pyrrole nitrogens is 1. The first-order valence-electron chi connectivity index (χ1n) is 8.34. The van der Waals surface area contributed by atoms with E-state index in [0.717, 1.165) is 29.5 Å². The summed E-state index contributed by atoms with van der Waals surface area (Å²) in [6, 6.07) is 5.01. The van der Waals surface area contributed by atoms with Crippen LogP contribution in [0.1, 0.15) is 36.0 Å². The van der Waals surface area contributed by atoms with Crippen molar-refractivity contribution < 1.29 is 0 Å². The Hall–Kier alpha value is -2.21. The number of aromatic nitrogens is 3. The highest BCUT2D eigenvalue weighted by Gasteiger charge is 2.24. The average molecular weight is 341 g/mol. The molecule has 5 nitrogen and oxygen atoms in total. The Morgan fingerprint density at radius 1 is 1.38 bits per heavy atom. The Labute approximate surface area is 143 Å². The van der Waals surface area contributed by atoms with E-state index in [9.17, 15) is 9.59 Å². The van der Waals surface area contributed by atoms with Gasteiger partial charge >= 0.3 is 0 Å². The average Bonchev–Trinajstić information content (AvgIpc) is 2.94. The molecular formula is C18H19N3O2S. The molecule has 3 aromatic rings. The van der Waals surface area contributed by atoms with E-state index in [1.54, 1.807) is 34.2 Å². The minimum absolute atomic E-state index is 0.0774. The van der Waals surface area contributed by atoms with Crippen molar-refractivity contribution in [1.29, 1.82) is 0 Å². The van der Waals surface area contributed by atoms with E-state index in [-0.39, 0.29) is 17.7 Å². The standard InChI is InChI=1S/C18H19N3O2S/c1-2-11-6-7-12-13(9-11)24-18-16(12)17(23)19-14(20-18)10-21-8-4-3-5-15(21)22/h3-5,8,11H,2,6-7,9-10H2,1H3,(H,19,20,23)/t11-/m0/s1. The molecule has 0 saturated heterocycles. The summed E-state index contributed by atoms with van der Waals surface area (Å²) in [7, 11) is 0. The number of hydrogen-bond acceptors (Lipinski definition) is 4. The lowest BCUT2D eigenvalue weighted by molar-refractivity contribution is 0.451. The first kappa shape index (κ1) is 15.3. The van der Waals surface area contributed by atoms with Crippen molar-refractivity contribution in [3.63, 3.8) is 0 Å². The zero-order valence-corrected chi connectivity index (χ0v) is 14.4. The number of nitrogens with one attached hydrogen (secondary N) is 1. The molecule has 1 atom stereocenters. The Kier molecular flexibility index (Phi) is 3.84. The Morgan fingerprint density at radius 2 is 2.25 bits per heavy atom. The van der Waals surface area contributed by atoms with Crippen molar-refractivity contribution in [2.75, 3.05) is 0 Å². The molecule has 0 radical (unpaired) electrons. The summed E-state index contributed by atoms with van der Waals surface area (Å²) in [6.07, 6.45) is 6.06. The molecule has 0 bridgehead atoms. The molecule has 0 unspecified atom stereocenters. The summed E-state index contributed by atoms with van der Waals surface area (Å²) in [4.78, 5) is 34.0. The number of rotatable bonds is 3. The quantitative estimate of drug-likeness (QED) is 0.796. The largest absolute Gasteiger partial charge is 0.308 e. The van der Waals surface area contributed by atoms with Gasteiger partial charge < -0.3 is 9.55 Å². The number of thiophene rings is 1. The number of aromatic amines is 1. The normalized spacial score (nSPS) is 17.1. The monoisotopic (exact) mass is 341 g/mol. The zero-order chi connectivity index (χ0) is 16.7. The Bertz CT molecular complexity index is 1020. The molecular weight excluding hydrogens is 322 g/mol. The molecule has 0 aliphatic heterocycles. The molecule has 3 heterocycles. The summed E-state index contributed by atoms with van der Waals surface area (Å²) < 4.78 is 1.55. The van der Waals surface area contributed by atoms with Crippen LogP contribution in [-0.4, -0.2) is 14.5 Å². The molecule has 0 spiro atoms. The summed E-state index contributed by atoms with van der Waals surface area (Å²) in [6.45, 7) is 2.51. The van der Waals surface area contributed by atoms with Crippen molar-refractivity contribution in [3.8, 4) is 0 Å². The van der Waals surface area contributed by atoms with Gasteiger partial charge in [-0.1, -0.05) is 19.4 Å². The summed E-state index contributed by atoms with van der Waals surface area (Å²) in [5, 5.41) is 0.758. The second kappa shape index (κ2) is 6.02. The number of pyridine rings is 1. The highest BCUT2D eigenvalue weighted by molar-refractivity contribution is 7.18. The maximum Gasteiger partial charge on any atom is 0.259 e. The third-order valence-electron chi connectivity index (χ3n) is 4.87. The maximum atomic E-state index is 12.6. The van der Waals surface area contributed by atoms with Gasteiger partial charge in [0.25, 0.3) is 11.1 Å². The molecule has 0 fully saturated rings. The van der Waals surface area contributed by atoms with Gasteiger partial charge in [0.2, 0.25) is 0 Å². The van der Waals surface area contributed by atoms with Crippen LogP contribution in [0.15, 0.2) is 34.0 Å². The minimum Gasteiger partial charge on any atom is -0.308 e. The Morgan fingerprint density at radius 3 is 3.04 bits per heavy atom. The van der Waals surface area contributed by atoms with E-state index in [2.05, 4.69) is 16.9 Å². The highest BCUT2D eigenvalue weighted by atomic mass is 32.1. The van der Waals surface area contributed by atoms with E-state index in [1.807, 2.05) is 0 Å². The van der Waals surface area contributed by atoms with Gasteiger partial charge in [-0.2, -0.15) is 0 Å². The molecule has 0 aromatic carbocycles. The SMILES string of the molecule is CC[C@H]1CCc2c(sc3nc(Cn4ccccc4=O)[nH]c(=O)c23)C1. The van der Waals surface area contributed by atoms with Crippen molar-refractivity contribution >= 4 is 21.6 Å². The predicted octanol–water partition coefficient (Wildman–Crippen LogP) is 2.71. The number of nitrogens with zero attached hydrogens (tertiary/aromatic N) is 2. The van der Waals surface area contributed by atoms with Gasteiger partial charge in [0.15, 0.2) is 0 Å². The molecule has 0 amide bonds. The van der Waals surface area contributed by atoms with Crippen LogP contribution in [0.25, 0.3) is 10.2 Å². The van der Waals surface area contributed by atoms with E-state index in [0.29, 0.717) is 11.7 Å². The minimum atomic E-state index is -0.100. The lowest BCUT2D eigenvalue weighted by atomic mass is 9.86. The molecule has 4 rings (SSSR count). The van der Waals surface area contributed by atoms with Crippen LogP contribution < -0.4 is 11.1 Å². The molecule has 1 N–H and O–H groups in total. The van der Waals surface area contributed by atoms with Gasteiger partial charge in [0, 0.05) is 17.1 Å². The van der Waals surface area contributed by atoms with Gasteiger partial charge in [-0.15, -0.1) is 11.3 Å². The van der Waals surface area contributed by atoms with Crippen LogP contribution in [0.3, 0.4) is 0 Å². The second-order valence-electron chi connectivity index (χ2n) is 6.38. The second-order valence-corrected chi connectivity index (χ2v) is 7.46. The number of aryl methyl sites for hydroxylation is 1. The van der Waals surface area contributed by atoms with Gasteiger partial charge in [0.05, 0.1) is 11.9 Å². The Balaban J connectivity index is 1.77. The molecule has 0 saturated carbocycles. The fourth-order valence-corrected chi connectivity index (χ4v) is 4.83. The first-order chi connectivity index (χ1) is 11.7. The van der Waals surface area contributed by atoms with E-state index < -0.39 is 0 Å². The maximum absolute atomic E-state index is 12.6. The van der Waals surface area contributed by atoms with Crippen molar-refractivity contribution in [1.82, 2.24) is 14.5 Å². The number of hydrogen-bond donors (Lipinski definition) is 1. The predicted molar refractivity (Wildman–Crippen MR) is 95.9 cm³/mol. The van der Waals surface area contributed by atoms with Gasteiger partial charge in [0.1, 0.15) is 10.7 Å². The van der Waals surface area contributed by atoms with Crippen LogP contribution in [0, 0.1) is 5.92 Å². The number of fused-ring (bicyclic) bond motifs is 3. The fraction of sp³-hybridized carbons (Fsp3) is 0.389. The van der Waals surface area contributed by atoms with Crippen LogP contribution in [0.2, 0.25) is 0 Å². The van der Waals surface area contributed by atoms with Gasteiger partial charge in [-0.05, 0) is 36.8 Å². The van der Waals surface area contributed by atoms with Gasteiger partial charge in [-0.25, -0.2) is 4.98 Å². The van der Waals surface area contributed by atoms with E-state index in [4.69, 9.17) is 0 Å². The third-order valence-corrected chi connectivity index (χ3v) is 6.01. The molecule has 3 aromatic heterocycles. The molecule has 24 heavy (non-hydrogen) atoms. The summed E-state index contributed by atoms with van der Waals surface area (Å²) >= 11 is 1.64. The molecule has 1 aliphatic rings. The molecule has 1 aliphatic carbocycles. The summed E-state index contributed by atoms with van der Waals surface area (Å²) in [5.74, 6) is 1.25. The topological polar surface area (TPSA) is 67.8 Å². The van der Waals surface area contributed by atoms with E-state index >= 15 is 0 Å². The van der Waals surface area contributed by atoms with Crippen LogP contribution in [0.4, 0.5) is 0 Å². The third kappa shape index (κ3) is 2.60. The van der Waals surface area contributed by atoms with Gasteiger partial charge in [-0.3, -0.25) is 9.59 Å². The van der Waals surface area contributed by atoms with Crippen molar-refractivity contribution in [2.45, 2.75) is 39.2 Å². The lowest BCUT2D eigenvalue weighted by Crippen LogP contribution is -2.22. The lowest BCUT2D eigenvalue weighted by Gasteiger charge is -2.20. The van der Waals surface area contributed by atoms with Crippen molar-refractivity contribution in [2.24, 2.45) is 5.92 Å². The smallest absolute Gasteiger partial charge is 0.259 e. The zero-order valence-electron chi connectivity index (χ0n) is 13.5. The van der Waals surface area contributed by atoms with Crippen LogP contribution in [0.5, 0.6) is 0 Å².